The smallest absolute Gasteiger partial charge is 0.135 e. The third-order valence-corrected chi connectivity index (χ3v) is 2.34. The molecule has 0 aromatic heterocycles. The lowest BCUT2D eigenvalue weighted by atomic mass is 10.0. The maximum absolute atomic E-state index is 8.73. The van der Waals surface area contributed by atoms with Gasteiger partial charge in [0.25, 0.3) is 0 Å². The van der Waals surface area contributed by atoms with Crippen molar-refractivity contribution in [3.8, 4) is 11.8 Å². The number of nitrogens with zero attached hydrogens (tertiary/aromatic N) is 1. The van der Waals surface area contributed by atoms with Crippen LogP contribution in [0.2, 0.25) is 0 Å². The first kappa shape index (κ1) is 12.5. The highest BCUT2D eigenvalue weighted by Crippen LogP contribution is 2.19. The van der Waals surface area contributed by atoms with Crippen LogP contribution in [0.15, 0.2) is 24.3 Å². The molecule has 2 N–H and O–H groups in total. The number of hydrogen-bond donors (Lipinski definition) is 1. The molecule has 1 unspecified atom stereocenters. The highest BCUT2D eigenvalue weighted by Gasteiger charge is 2.17. The van der Waals surface area contributed by atoms with Gasteiger partial charge < -0.3 is 10.5 Å². The SMILES string of the molecule is CC(C)c1ccc(OCC(C)(N)C#N)cc1. The fraction of sp³-hybridized carbons (Fsp3) is 0.462. The number of rotatable bonds is 4. The monoisotopic (exact) mass is 218 g/mol. The first-order valence-corrected chi connectivity index (χ1v) is 5.37. The van der Waals surface area contributed by atoms with Gasteiger partial charge >= 0.3 is 0 Å². The van der Waals surface area contributed by atoms with E-state index in [9.17, 15) is 0 Å². The van der Waals surface area contributed by atoms with Crippen LogP contribution in [0.1, 0.15) is 32.3 Å². The maximum Gasteiger partial charge on any atom is 0.135 e. The van der Waals surface area contributed by atoms with Crippen LogP contribution in [-0.4, -0.2) is 12.1 Å². The number of nitriles is 1. The van der Waals surface area contributed by atoms with Crippen LogP contribution < -0.4 is 10.5 Å². The summed E-state index contributed by atoms with van der Waals surface area (Å²) in [5.41, 5.74) is 5.99. The lowest BCUT2D eigenvalue weighted by Gasteiger charge is -2.16. The van der Waals surface area contributed by atoms with Crippen molar-refractivity contribution in [3.05, 3.63) is 29.8 Å². The Labute approximate surface area is 96.8 Å². The molecule has 0 fully saturated rings. The molecule has 0 spiro atoms. The van der Waals surface area contributed by atoms with Crippen LogP contribution in [0.25, 0.3) is 0 Å². The van der Waals surface area contributed by atoms with Gasteiger partial charge in [-0.2, -0.15) is 5.26 Å². The number of hydrogen-bond acceptors (Lipinski definition) is 3. The van der Waals surface area contributed by atoms with Gasteiger partial charge in [0.2, 0.25) is 0 Å². The van der Waals surface area contributed by atoms with Gasteiger partial charge in [0, 0.05) is 0 Å². The standard InChI is InChI=1S/C13H18N2O/c1-10(2)11-4-6-12(7-5-11)16-9-13(3,15)8-14/h4-7,10H,9,15H2,1-3H3. The van der Waals surface area contributed by atoms with Gasteiger partial charge in [-0.3, -0.25) is 0 Å². The molecule has 1 aromatic carbocycles. The van der Waals surface area contributed by atoms with Gasteiger partial charge in [-0.15, -0.1) is 0 Å². The van der Waals surface area contributed by atoms with E-state index in [-0.39, 0.29) is 6.61 Å². The molecule has 0 aliphatic carbocycles. The lowest BCUT2D eigenvalue weighted by molar-refractivity contribution is 0.264. The zero-order chi connectivity index (χ0) is 12.2. The Hall–Kier alpha value is -1.53. The Kier molecular flexibility index (Phi) is 3.92. The van der Waals surface area contributed by atoms with Crippen molar-refractivity contribution in [2.75, 3.05) is 6.61 Å². The van der Waals surface area contributed by atoms with E-state index in [1.807, 2.05) is 30.3 Å². The van der Waals surface area contributed by atoms with Crippen molar-refractivity contribution in [1.29, 1.82) is 5.26 Å². The zero-order valence-corrected chi connectivity index (χ0v) is 10.0. The lowest BCUT2D eigenvalue weighted by Crippen LogP contribution is -2.40. The fourth-order valence-corrected chi connectivity index (χ4v) is 1.21. The summed E-state index contributed by atoms with van der Waals surface area (Å²) in [6.45, 7) is 6.13. The van der Waals surface area contributed by atoms with Gasteiger partial charge in [0.05, 0.1) is 6.07 Å². The highest BCUT2D eigenvalue weighted by molar-refractivity contribution is 5.29. The summed E-state index contributed by atoms with van der Waals surface area (Å²) in [5, 5.41) is 8.73. The molecule has 1 atom stereocenters. The quantitative estimate of drug-likeness (QED) is 0.844. The van der Waals surface area contributed by atoms with Crippen LogP contribution in [0.3, 0.4) is 0 Å². The average molecular weight is 218 g/mol. The largest absolute Gasteiger partial charge is 0.491 e. The molecule has 0 amide bonds. The molecule has 0 saturated carbocycles. The third-order valence-electron chi connectivity index (χ3n) is 2.34. The zero-order valence-electron chi connectivity index (χ0n) is 10.0. The molecule has 0 aliphatic heterocycles. The van der Waals surface area contributed by atoms with E-state index in [1.165, 1.54) is 5.56 Å². The molecule has 0 aliphatic rings. The Morgan fingerprint density at radius 3 is 2.38 bits per heavy atom. The first-order valence-electron chi connectivity index (χ1n) is 5.37. The Morgan fingerprint density at radius 2 is 1.94 bits per heavy atom. The van der Waals surface area contributed by atoms with Gasteiger partial charge in [0.15, 0.2) is 0 Å². The van der Waals surface area contributed by atoms with Crippen LogP contribution in [-0.2, 0) is 0 Å². The third kappa shape index (κ3) is 3.56. The van der Waals surface area contributed by atoms with E-state index in [4.69, 9.17) is 15.7 Å². The van der Waals surface area contributed by atoms with Crippen molar-refractivity contribution in [2.45, 2.75) is 32.2 Å². The van der Waals surface area contributed by atoms with Crippen LogP contribution in [0, 0.1) is 11.3 Å². The second-order valence-corrected chi connectivity index (χ2v) is 4.54. The Bertz CT molecular complexity index is 374. The predicted molar refractivity (Wildman–Crippen MR) is 64.2 cm³/mol. The van der Waals surface area contributed by atoms with Crippen LogP contribution in [0.5, 0.6) is 5.75 Å². The molecule has 16 heavy (non-hydrogen) atoms. The van der Waals surface area contributed by atoms with E-state index in [0.717, 1.165) is 5.75 Å². The molecule has 0 radical (unpaired) electrons. The predicted octanol–water partition coefficient (Wildman–Crippen LogP) is 2.43. The minimum absolute atomic E-state index is 0.199. The highest BCUT2D eigenvalue weighted by atomic mass is 16.5. The average Bonchev–Trinajstić information content (AvgIpc) is 2.27. The van der Waals surface area contributed by atoms with Crippen molar-refractivity contribution in [3.63, 3.8) is 0 Å². The summed E-state index contributed by atoms with van der Waals surface area (Å²) in [6, 6.07) is 9.86. The molecule has 86 valence electrons. The van der Waals surface area contributed by atoms with E-state index < -0.39 is 5.54 Å². The normalized spacial score (nSPS) is 14.2. The topological polar surface area (TPSA) is 59.0 Å². The molecule has 0 heterocycles. The molecular weight excluding hydrogens is 200 g/mol. The molecular formula is C13H18N2O. The van der Waals surface area contributed by atoms with E-state index in [1.54, 1.807) is 6.92 Å². The Morgan fingerprint density at radius 1 is 1.38 bits per heavy atom. The summed E-state index contributed by atoms with van der Waals surface area (Å²) in [7, 11) is 0. The second kappa shape index (κ2) is 5.00. The minimum Gasteiger partial charge on any atom is -0.491 e. The van der Waals surface area contributed by atoms with E-state index in [0.29, 0.717) is 5.92 Å². The van der Waals surface area contributed by atoms with Gasteiger partial charge in [0.1, 0.15) is 17.9 Å². The van der Waals surface area contributed by atoms with Crippen LogP contribution >= 0.6 is 0 Å². The van der Waals surface area contributed by atoms with Gasteiger partial charge in [-0.1, -0.05) is 26.0 Å². The fourth-order valence-electron chi connectivity index (χ4n) is 1.21. The number of ether oxygens (including phenoxy) is 1. The molecule has 1 aromatic rings. The van der Waals surface area contributed by atoms with Crippen LogP contribution in [0.4, 0.5) is 0 Å². The maximum atomic E-state index is 8.73. The van der Waals surface area contributed by atoms with Gasteiger partial charge in [-0.25, -0.2) is 0 Å². The number of nitrogens with two attached hydrogens (primary N) is 1. The molecule has 3 heteroatoms. The minimum atomic E-state index is -0.934. The van der Waals surface area contributed by atoms with Crippen molar-refractivity contribution >= 4 is 0 Å². The summed E-state index contributed by atoms with van der Waals surface area (Å²) < 4.78 is 5.45. The van der Waals surface area contributed by atoms with Crippen molar-refractivity contribution in [1.82, 2.24) is 0 Å². The van der Waals surface area contributed by atoms with Crippen molar-refractivity contribution < 1.29 is 4.74 Å². The summed E-state index contributed by atoms with van der Waals surface area (Å²) in [4.78, 5) is 0. The molecule has 3 nitrogen and oxygen atoms in total. The number of benzene rings is 1. The summed E-state index contributed by atoms with van der Waals surface area (Å²) in [6.07, 6.45) is 0. The van der Waals surface area contributed by atoms with Crippen molar-refractivity contribution in [2.24, 2.45) is 5.73 Å². The van der Waals surface area contributed by atoms with E-state index >= 15 is 0 Å². The second-order valence-electron chi connectivity index (χ2n) is 4.54. The van der Waals surface area contributed by atoms with E-state index in [2.05, 4.69) is 13.8 Å². The summed E-state index contributed by atoms with van der Waals surface area (Å²) >= 11 is 0. The molecule has 0 bridgehead atoms. The molecule has 1 rings (SSSR count). The first-order chi connectivity index (χ1) is 7.44. The Balaban J connectivity index is 2.60. The molecule has 0 saturated heterocycles. The summed E-state index contributed by atoms with van der Waals surface area (Å²) in [5.74, 6) is 1.25. The van der Waals surface area contributed by atoms with Gasteiger partial charge in [-0.05, 0) is 30.5 Å².